The normalized spacial score (nSPS) is 20.3. The van der Waals surface area contributed by atoms with Crippen molar-refractivity contribution >= 4 is 0 Å². The molecule has 0 radical (unpaired) electrons. The molecule has 0 saturated heterocycles. The molecule has 2 heteroatoms. The minimum Gasteiger partial charge on any atom is -0.468 e. The van der Waals surface area contributed by atoms with Gasteiger partial charge in [-0.25, -0.2) is 0 Å². The first kappa shape index (κ1) is 12.2. The second-order valence-electron chi connectivity index (χ2n) is 4.86. The molecule has 1 aliphatic heterocycles. The average Bonchev–Trinajstić information content (AvgIpc) is 2.33. The summed E-state index contributed by atoms with van der Waals surface area (Å²) in [4.78, 5) is 0. The number of hydrogen-bond acceptors (Lipinski definition) is 1. The Hall–Kier alpha value is -1.31. The lowest BCUT2D eigenvalue weighted by Crippen LogP contribution is -2.17. The van der Waals surface area contributed by atoms with Gasteiger partial charge in [0.15, 0.2) is 0 Å². The number of allylic oxidation sites excluding steroid dienone is 1. The van der Waals surface area contributed by atoms with Crippen LogP contribution in [-0.2, 0) is 11.2 Å². The van der Waals surface area contributed by atoms with Crippen molar-refractivity contribution in [1.29, 1.82) is 0 Å². The molecule has 1 atom stereocenters. The molecule has 0 aromatic heterocycles. The van der Waals surface area contributed by atoms with Gasteiger partial charge >= 0.3 is 0 Å². The van der Waals surface area contributed by atoms with E-state index in [0.29, 0.717) is 0 Å². The molecule has 92 valence electrons. The smallest absolute Gasteiger partial charge is 0.271 e. The van der Waals surface area contributed by atoms with E-state index >= 15 is 0 Å². The van der Waals surface area contributed by atoms with Gasteiger partial charge < -0.3 is 4.74 Å². The second-order valence-corrected chi connectivity index (χ2v) is 4.86. The van der Waals surface area contributed by atoms with Gasteiger partial charge in [0.1, 0.15) is 6.10 Å². The van der Waals surface area contributed by atoms with Gasteiger partial charge in [-0.2, -0.15) is 4.39 Å². The van der Waals surface area contributed by atoms with Crippen LogP contribution in [-0.4, -0.2) is 6.10 Å². The molecule has 2 rings (SSSR count). The quantitative estimate of drug-likeness (QED) is 0.757. The summed E-state index contributed by atoms with van der Waals surface area (Å²) < 4.78 is 18.5. The molecule has 0 bridgehead atoms. The SMILES string of the molecule is CC1=C(F)OC(CCc2ccc(C)cc2)CC1. The number of aryl methyl sites for hydroxylation is 2. The molecule has 1 aromatic rings. The highest BCUT2D eigenvalue weighted by Gasteiger charge is 2.19. The van der Waals surface area contributed by atoms with Crippen molar-refractivity contribution in [1.82, 2.24) is 0 Å². The predicted molar refractivity (Wildman–Crippen MR) is 67.4 cm³/mol. The molecule has 0 fully saturated rings. The maximum atomic E-state index is 13.3. The Kier molecular flexibility index (Phi) is 3.82. The van der Waals surface area contributed by atoms with Crippen LogP contribution in [0.5, 0.6) is 0 Å². The van der Waals surface area contributed by atoms with E-state index in [1.165, 1.54) is 11.1 Å². The fourth-order valence-corrected chi connectivity index (χ4v) is 2.07. The van der Waals surface area contributed by atoms with E-state index in [1.807, 2.05) is 0 Å². The molecule has 1 aromatic carbocycles. The molecular weight excluding hydrogens is 215 g/mol. The molecule has 0 spiro atoms. The number of ether oxygens (including phenoxy) is 1. The summed E-state index contributed by atoms with van der Waals surface area (Å²) in [5, 5.41) is 0. The number of rotatable bonds is 3. The van der Waals surface area contributed by atoms with E-state index in [-0.39, 0.29) is 12.1 Å². The highest BCUT2D eigenvalue weighted by atomic mass is 19.1. The van der Waals surface area contributed by atoms with Gasteiger partial charge in [0, 0.05) is 0 Å². The van der Waals surface area contributed by atoms with Gasteiger partial charge in [0.05, 0.1) is 0 Å². The van der Waals surface area contributed by atoms with E-state index in [0.717, 1.165) is 31.3 Å². The summed E-state index contributed by atoms with van der Waals surface area (Å²) >= 11 is 0. The monoisotopic (exact) mass is 234 g/mol. The summed E-state index contributed by atoms with van der Waals surface area (Å²) in [5.74, 6) is 0. The third-order valence-corrected chi connectivity index (χ3v) is 3.32. The molecule has 0 N–H and O–H groups in total. The van der Waals surface area contributed by atoms with Gasteiger partial charge in [-0.05, 0) is 50.7 Å². The lowest BCUT2D eigenvalue weighted by molar-refractivity contribution is 0.0399. The highest BCUT2D eigenvalue weighted by molar-refractivity contribution is 5.21. The largest absolute Gasteiger partial charge is 0.468 e. The number of halogens is 1. The van der Waals surface area contributed by atoms with Gasteiger partial charge in [-0.15, -0.1) is 0 Å². The Morgan fingerprint density at radius 1 is 1.24 bits per heavy atom. The van der Waals surface area contributed by atoms with Crippen LogP contribution in [0.25, 0.3) is 0 Å². The van der Waals surface area contributed by atoms with Gasteiger partial charge in [0.25, 0.3) is 6.01 Å². The zero-order valence-electron chi connectivity index (χ0n) is 10.5. The average molecular weight is 234 g/mol. The summed E-state index contributed by atoms with van der Waals surface area (Å²) in [5.41, 5.74) is 3.31. The summed E-state index contributed by atoms with van der Waals surface area (Å²) in [6, 6.07) is 8.14. The molecule has 17 heavy (non-hydrogen) atoms. The maximum absolute atomic E-state index is 13.3. The fourth-order valence-electron chi connectivity index (χ4n) is 2.07. The van der Waals surface area contributed by atoms with Crippen LogP contribution >= 0.6 is 0 Å². The van der Waals surface area contributed by atoms with Crippen LogP contribution in [0.4, 0.5) is 4.39 Å². The van der Waals surface area contributed by atoms with Crippen LogP contribution in [0.2, 0.25) is 0 Å². The van der Waals surface area contributed by atoms with E-state index in [2.05, 4.69) is 31.2 Å². The molecule has 0 amide bonds. The zero-order valence-corrected chi connectivity index (χ0v) is 10.5. The Labute approximate surface area is 102 Å². The summed E-state index contributed by atoms with van der Waals surface area (Å²) in [6.07, 6.45) is 3.65. The van der Waals surface area contributed by atoms with Crippen molar-refractivity contribution in [3.8, 4) is 0 Å². The minimum absolute atomic E-state index is 0.0417. The molecule has 1 nitrogen and oxygen atoms in total. The van der Waals surface area contributed by atoms with E-state index in [9.17, 15) is 4.39 Å². The highest BCUT2D eigenvalue weighted by Crippen LogP contribution is 2.26. The molecule has 0 saturated carbocycles. The summed E-state index contributed by atoms with van der Waals surface area (Å²) in [7, 11) is 0. The molecule has 1 unspecified atom stereocenters. The zero-order chi connectivity index (χ0) is 12.3. The lowest BCUT2D eigenvalue weighted by atomic mass is 10.00. The standard InChI is InChI=1S/C15H19FO/c1-11-3-6-13(7-4-11)8-10-14-9-5-12(2)15(16)17-14/h3-4,6-7,14H,5,8-10H2,1-2H3. The van der Waals surface area contributed by atoms with Gasteiger partial charge in [-0.3, -0.25) is 0 Å². The third-order valence-electron chi connectivity index (χ3n) is 3.32. The second kappa shape index (κ2) is 5.35. The third kappa shape index (κ3) is 3.32. The van der Waals surface area contributed by atoms with Crippen molar-refractivity contribution in [2.24, 2.45) is 0 Å². The Morgan fingerprint density at radius 3 is 2.59 bits per heavy atom. The maximum Gasteiger partial charge on any atom is 0.271 e. The topological polar surface area (TPSA) is 9.23 Å². The van der Waals surface area contributed by atoms with Crippen LogP contribution in [0.3, 0.4) is 0 Å². The van der Waals surface area contributed by atoms with Crippen LogP contribution in [0.1, 0.15) is 37.3 Å². The first-order valence-corrected chi connectivity index (χ1v) is 6.22. The molecule has 1 aliphatic rings. The van der Waals surface area contributed by atoms with Crippen molar-refractivity contribution in [3.63, 3.8) is 0 Å². The first-order chi connectivity index (χ1) is 8.15. The predicted octanol–water partition coefficient (Wildman–Crippen LogP) is 4.31. The Morgan fingerprint density at radius 2 is 1.94 bits per heavy atom. The summed E-state index contributed by atoms with van der Waals surface area (Å²) in [6.45, 7) is 3.88. The molecule has 1 heterocycles. The van der Waals surface area contributed by atoms with Crippen molar-refractivity contribution in [2.75, 3.05) is 0 Å². The number of benzene rings is 1. The van der Waals surface area contributed by atoms with Gasteiger partial charge in [-0.1, -0.05) is 29.8 Å². The fraction of sp³-hybridized carbons (Fsp3) is 0.467. The van der Waals surface area contributed by atoms with Crippen molar-refractivity contribution < 1.29 is 9.13 Å². The first-order valence-electron chi connectivity index (χ1n) is 6.22. The number of hydrogen-bond donors (Lipinski definition) is 0. The minimum atomic E-state index is -0.356. The van der Waals surface area contributed by atoms with E-state index in [4.69, 9.17) is 4.74 Å². The Bertz CT molecular complexity index is 405. The van der Waals surface area contributed by atoms with E-state index < -0.39 is 0 Å². The van der Waals surface area contributed by atoms with Crippen LogP contribution in [0, 0.1) is 6.92 Å². The lowest BCUT2D eigenvalue weighted by Gasteiger charge is -2.23. The van der Waals surface area contributed by atoms with Crippen LogP contribution in [0.15, 0.2) is 35.9 Å². The van der Waals surface area contributed by atoms with E-state index in [1.54, 1.807) is 6.92 Å². The molecular formula is C15H19FO. The van der Waals surface area contributed by atoms with Gasteiger partial charge in [0.2, 0.25) is 0 Å². The van der Waals surface area contributed by atoms with Crippen LogP contribution < -0.4 is 0 Å². The molecule has 0 aliphatic carbocycles. The Balaban J connectivity index is 1.85. The van der Waals surface area contributed by atoms with Crippen molar-refractivity contribution in [3.05, 3.63) is 47.0 Å². The van der Waals surface area contributed by atoms with Crippen molar-refractivity contribution in [2.45, 2.75) is 45.6 Å².